The summed E-state index contributed by atoms with van der Waals surface area (Å²) in [5.74, 6) is -0.0773. The minimum absolute atomic E-state index is 0.328. The van der Waals surface area contributed by atoms with Crippen LogP contribution < -0.4 is 10.6 Å². The zero-order valence-electron chi connectivity index (χ0n) is 12.0. The monoisotopic (exact) mass is 341 g/mol. The van der Waals surface area contributed by atoms with E-state index in [4.69, 9.17) is 11.6 Å². The van der Waals surface area contributed by atoms with Gasteiger partial charge in [0.05, 0.1) is 10.7 Å². The Labute approximate surface area is 137 Å². The van der Waals surface area contributed by atoms with Gasteiger partial charge in [-0.25, -0.2) is 4.79 Å². The summed E-state index contributed by atoms with van der Waals surface area (Å²) in [4.78, 5) is 36.8. The van der Waals surface area contributed by atoms with Crippen molar-refractivity contribution < 1.29 is 14.4 Å². The fraction of sp³-hybridized carbons (Fsp3) is 0.357. The van der Waals surface area contributed by atoms with Crippen molar-refractivity contribution in [2.45, 2.75) is 12.5 Å². The molecule has 0 spiro atoms. The molecule has 1 aromatic carbocycles. The van der Waals surface area contributed by atoms with E-state index in [0.29, 0.717) is 17.1 Å². The van der Waals surface area contributed by atoms with Gasteiger partial charge in [0.2, 0.25) is 5.91 Å². The predicted octanol–water partition coefficient (Wildman–Crippen LogP) is 1.95. The normalized spacial score (nSPS) is 17.5. The zero-order valence-corrected chi connectivity index (χ0v) is 13.5. The molecule has 1 fully saturated rings. The average Bonchev–Trinajstić information content (AvgIpc) is 2.75. The van der Waals surface area contributed by atoms with E-state index in [9.17, 15) is 14.4 Å². The highest BCUT2D eigenvalue weighted by molar-refractivity contribution is 7.98. The zero-order chi connectivity index (χ0) is 16.1. The van der Waals surface area contributed by atoms with Crippen LogP contribution in [0.5, 0.6) is 0 Å². The summed E-state index contributed by atoms with van der Waals surface area (Å²) in [6.45, 7) is -0.328. The van der Waals surface area contributed by atoms with E-state index in [1.165, 1.54) is 0 Å². The topological polar surface area (TPSA) is 78.5 Å². The highest BCUT2D eigenvalue weighted by Crippen LogP contribution is 2.20. The standard InChI is InChI=1S/C14H16ClN3O3S/c1-22-7-6-11-13(20)18(14(21)17-11)8-12(19)16-10-5-3-2-4-9(10)15/h2-5,11H,6-8H2,1H3,(H,16,19)(H,17,21)/t11-/m0/s1. The Morgan fingerprint density at radius 3 is 2.82 bits per heavy atom. The Hall–Kier alpha value is -1.73. The number of hydrogen-bond donors (Lipinski definition) is 2. The Morgan fingerprint density at radius 2 is 2.14 bits per heavy atom. The highest BCUT2D eigenvalue weighted by atomic mass is 35.5. The van der Waals surface area contributed by atoms with Crippen molar-refractivity contribution >= 4 is 46.9 Å². The molecule has 2 N–H and O–H groups in total. The quantitative estimate of drug-likeness (QED) is 0.775. The molecule has 1 aliphatic heterocycles. The van der Waals surface area contributed by atoms with Gasteiger partial charge in [0.15, 0.2) is 0 Å². The van der Waals surface area contributed by atoms with Gasteiger partial charge in [0, 0.05) is 0 Å². The Balaban J connectivity index is 1.95. The second kappa shape index (κ2) is 7.51. The number of amides is 4. The molecule has 0 aliphatic carbocycles. The number of halogens is 1. The number of benzene rings is 1. The molecule has 8 heteroatoms. The number of urea groups is 1. The van der Waals surface area contributed by atoms with Gasteiger partial charge >= 0.3 is 6.03 Å². The van der Waals surface area contributed by atoms with E-state index < -0.39 is 18.0 Å². The smallest absolute Gasteiger partial charge is 0.325 e. The van der Waals surface area contributed by atoms with Gasteiger partial charge in [-0.1, -0.05) is 23.7 Å². The van der Waals surface area contributed by atoms with Crippen molar-refractivity contribution in [1.82, 2.24) is 10.2 Å². The molecule has 2 rings (SSSR count). The van der Waals surface area contributed by atoms with E-state index in [-0.39, 0.29) is 12.5 Å². The van der Waals surface area contributed by atoms with Crippen molar-refractivity contribution in [3.05, 3.63) is 29.3 Å². The first kappa shape index (κ1) is 16.6. The van der Waals surface area contributed by atoms with Crippen LogP contribution in [0.15, 0.2) is 24.3 Å². The number of rotatable bonds is 6. The number of nitrogens with one attached hydrogen (secondary N) is 2. The number of anilines is 1. The summed E-state index contributed by atoms with van der Waals surface area (Å²) in [5, 5.41) is 5.57. The Kier molecular flexibility index (Phi) is 5.68. The van der Waals surface area contributed by atoms with Gasteiger partial charge in [-0.15, -0.1) is 0 Å². The average molecular weight is 342 g/mol. The molecule has 0 aromatic heterocycles. The summed E-state index contributed by atoms with van der Waals surface area (Å²) >= 11 is 7.54. The summed E-state index contributed by atoms with van der Waals surface area (Å²) in [7, 11) is 0. The molecule has 0 saturated carbocycles. The van der Waals surface area contributed by atoms with Gasteiger partial charge in [-0.2, -0.15) is 11.8 Å². The van der Waals surface area contributed by atoms with Crippen molar-refractivity contribution in [2.24, 2.45) is 0 Å². The van der Waals surface area contributed by atoms with E-state index in [1.54, 1.807) is 36.0 Å². The molecule has 1 saturated heterocycles. The molecule has 0 radical (unpaired) electrons. The number of carbonyl (C=O) groups excluding carboxylic acids is 3. The first-order chi connectivity index (χ1) is 10.5. The molecule has 0 unspecified atom stereocenters. The number of imide groups is 1. The van der Waals surface area contributed by atoms with E-state index in [0.717, 1.165) is 10.7 Å². The van der Waals surface area contributed by atoms with Crippen molar-refractivity contribution in [3.8, 4) is 0 Å². The van der Waals surface area contributed by atoms with Crippen LogP contribution >= 0.6 is 23.4 Å². The van der Waals surface area contributed by atoms with Crippen LogP contribution in [0.4, 0.5) is 10.5 Å². The molecule has 118 valence electrons. The van der Waals surface area contributed by atoms with Gasteiger partial charge in [-0.3, -0.25) is 14.5 Å². The van der Waals surface area contributed by atoms with Gasteiger partial charge < -0.3 is 10.6 Å². The van der Waals surface area contributed by atoms with Gasteiger partial charge in [0.1, 0.15) is 12.6 Å². The predicted molar refractivity (Wildman–Crippen MR) is 87.1 cm³/mol. The lowest BCUT2D eigenvalue weighted by molar-refractivity contribution is -0.130. The van der Waals surface area contributed by atoms with E-state index in [1.807, 2.05) is 6.26 Å². The third-order valence-corrected chi connectivity index (χ3v) is 4.14. The van der Waals surface area contributed by atoms with Crippen LogP contribution in [0.1, 0.15) is 6.42 Å². The van der Waals surface area contributed by atoms with E-state index in [2.05, 4.69) is 10.6 Å². The van der Waals surface area contributed by atoms with E-state index >= 15 is 0 Å². The number of hydrogen-bond acceptors (Lipinski definition) is 4. The number of nitrogens with zero attached hydrogens (tertiary/aromatic N) is 1. The van der Waals surface area contributed by atoms with Crippen molar-refractivity contribution in [3.63, 3.8) is 0 Å². The van der Waals surface area contributed by atoms with Crippen LogP contribution in [0.2, 0.25) is 5.02 Å². The molecule has 22 heavy (non-hydrogen) atoms. The van der Waals surface area contributed by atoms with Crippen LogP contribution in [-0.4, -0.2) is 47.3 Å². The van der Waals surface area contributed by atoms with Gasteiger partial charge in [-0.05, 0) is 30.6 Å². The Morgan fingerprint density at radius 1 is 1.41 bits per heavy atom. The third kappa shape index (κ3) is 3.92. The molecule has 1 aliphatic rings. The summed E-state index contributed by atoms with van der Waals surface area (Å²) in [6, 6.07) is 5.68. The minimum Gasteiger partial charge on any atom is -0.326 e. The van der Waals surface area contributed by atoms with Crippen molar-refractivity contribution in [2.75, 3.05) is 23.9 Å². The fourth-order valence-corrected chi connectivity index (χ4v) is 2.71. The number of carbonyl (C=O) groups is 3. The molecule has 1 aromatic rings. The van der Waals surface area contributed by atoms with Gasteiger partial charge in [0.25, 0.3) is 5.91 Å². The molecule has 0 bridgehead atoms. The lowest BCUT2D eigenvalue weighted by Crippen LogP contribution is -2.38. The SMILES string of the molecule is CSCC[C@@H]1NC(=O)N(CC(=O)Nc2ccccc2Cl)C1=O. The minimum atomic E-state index is -0.548. The lowest BCUT2D eigenvalue weighted by atomic mass is 10.2. The molecular weight excluding hydrogens is 326 g/mol. The largest absolute Gasteiger partial charge is 0.326 e. The van der Waals surface area contributed by atoms with Crippen LogP contribution in [0.25, 0.3) is 0 Å². The molecule has 4 amide bonds. The highest BCUT2D eigenvalue weighted by Gasteiger charge is 2.38. The third-order valence-electron chi connectivity index (χ3n) is 3.17. The second-order valence-electron chi connectivity index (χ2n) is 4.74. The first-order valence-corrected chi connectivity index (χ1v) is 8.45. The van der Waals surface area contributed by atoms with Crippen LogP contribution in [-0.2, 0) is 9.59 Å². The first-order valence-electron chi connectivity index (χ1n) is 6.68. The number of para-hydroxylation sites is 1. The Bertz CT molecular complexity index is 596. The lowest BCUT2D eigenvalue weighted by Gasteiger charge is -2.13. The maximum Gasteiger partial charge on any atom is 0.325 e. The maximum atomic E-state index is 12.1. The van der Waals surface area contributed by atoms with Crippen LogP contribution in [0, 0.1) is 0 Å². The second-order valence-corrected chi connectivity index (χ2v) is 6.13. The summed E-state index contributed by atoms with van der Waals surface area (Å²) in [5.41, 5.74) is 0.445. The molecular formula is C14H16ClN3O3S. The summed E-state index contributed by atoms with van der Waals surface area (Å²) in [6.07, 6.45) is 2.48. The summed E-state index contributed by atoms with van der Waals surface area (Å²) < 4.78 is 0. The van der Waals surface area contributed by atoms with Crippen molar-refractivity contribution in [1.29, 1.82) is 0 Å². The maximum absolute atomic E-state index is 12.1. The number of thioether (sulfide) groups is 1. The fourth-order valence-electron chi connectivity index (χ4n) is 2.05. The molecule has 6 nitrogen and oxygen atoms in total. The van der Waals surface area contributed by atoms with Crippen LogP contribution in [0.3, 0.4) is 0 Å². The molecule has 1 heterocycles. The molecule has 1 atom stereocenters.